The average molecular weight is 207 g/mol. The molecule has 0 radical (unpaired) electrons. The highest BCUT2D eigenvalue weighted by Gasteiger charge is 2.15. The van der Waals surface area contributed by atoms with Crippen LogP contribution in [0.4, 0.5) is 0 Å². The van der Waals surface area contributed by atoms with Gasteiger partial charge < -0.3 is 5.32 Å². The van der Waals surface area contributed by atoms with E-state index in [0.29, 0.717) is 0 Å². The van der Waals surface area contributed by atoms with Gasteiger partial charge in [-0.25, -0.2) is 0 Å². The Labute approximate surface area is 94.6 Å². The number of allylic oxidation sites excluding steroid dienone is 3. The standard InChI is InChI=1S/C14H25N/c1-3-5-7-8-13-10-11-15-14(12-13)9-6-4-2/h4,9,13,15H,2-3,5-8,10-12H2,1H3. The summed E-state index contributed by atoms with van der Waals surface area (Å²) in [7, 11) is 0. The quantitative estimate of drug-likeness (QED) is 0.512. The second-order valence-electron chi connectivity index (χ2n) is 4.54. The van der Waals surface area contributed by atoms with Crippen LogP contribution in [-0.4, -0.2) is 6.54 Å². The molecule has 86 valence electrons. The van der Waals surface area contributed by atoms with Crippen LogP contribution in [0.3, 0.4) is 0 Å². The summed E-state index contributed by atoms with van der Waals surface area (Å²) in [4.78, 5) is 0. The molecule has 1 heterocycles. The number of unbranched alkanes of at least 4 members (excludes halogenated alkanes) is 2. The normalized spacial score (nSPS) is 23.8. The van der Waals surface area contributed by atoms with Crippen LogP contribution in [0.2, 0.25) is 0 Å². The van der Waals surface area contributed by atoms with E-state index < -0.39 is 0 Å². The Morgan fingerprint density at radius 1 is 1.47 bits per heavy atom. The van der Waals surface area contributed by atoms with Crippen molar-refractivity contribution in [3.05, 3.63) is 24.4 Å². The maximum absolute atomic E-state index is 3.75. The van der Waals surface area contributed by atoms with Gasteiger partial charge in [0.2, 0.25) is 0 Å². The first-order valence-corrected chi connectivity index (χ1v) is 6.40. The van der Waals surface area contributed by atoms with E-state index in [4.69, 9.17) is 0 Å². The molecule has 0 aromatic carbocycles. The third-order valence-electron chi connectivity index (χ3n) is 3.16. The van der Waals surface area contributed by atoms with Crippen molar-refractivity contribution in [1.82, 2.24) is 5.32 Å². The molecule has 0 saturated carbocycles. The van der Waals surface area contributed by atoms with Crippen LogP contribution in [0.25, 0.3) is 0 Å². The third kappa shape index (κ3) is 5.06. The van der Waals surface area contributed by atoms with E-state index in [-0.39, 0.29) is 0 Å². The predicted octanol–water partition coefficient (Wildman–Crippen LogP) is 4.03. The van der Waals surface area contributed by atoms with Gasteiger partial charge in [-0.1, -0.05) is 44.8 Å². The van der Waals surface area contributed by atoms with Crippen molar-refractivity contribution in [2.24, 2.45) is 5.92 Å². The molecule has 1 saturated heterocycles. The van der Waals surface area contributed by atoms with Crippen LogP contribution in [-0.2, 0) is 0 Å². The largest absolute Gasteiger partial charge is 0.389 e. The lowest BCUT2D eigenvalue weighted by molar-refractivity contribution is 0.377. The zero-order valence-electron chi connectivity index (χ0n) is 10.1. The van der Waals surface area contributed by atoms with Gasteiger partial charge in [0.1, 0.15) is 0 Å². The van der Waals surface area contributed by atoms with Gasteiger partial charge in [0.25, 0.3) is 0 Å². The summed E-state index contributed by atoms with van der Waals surface area (Å²) in [5, 5.41) is 3.49. The number of hydrogen-bond donors (Lipinski definition) is 1. The minimum absolute atomic E-state index is 0.925. The molecular formula is C14H25N. The third-order valence-corrected chi connectivity index (χ3v) is 3.16. The smallest absolute Gasteiger partial charge is 0.0146 e. The van der Waals surface area contributed by atoms with Gasteiger partial charge in [-0.05, 0) is 25.2 Å². The summed E-state index contributed by atoms with van der Waals surface area (Å²) in [5.41, 5.74) is 1.45. The van der Waals surface area contributed by atoms with E-state index in [1.54, 1.807) is 0 Å². The fourth-order valence-corrected chi connectivity index (χ4v) is 2.23. The maximum Gasteiger partial charge on any atom is 0.0146 e. The Balaban J connectivity index is 2.25. The minimum Gasteiger partial charge on any atom is -0.389 e. The van der Waals surface area contributed by atoms with Crippen molar-refractivity contribution in [3.63, 3.8) is 0 Å². The number of rotatable bonds is 6. The molecule has 1 heteroatoms. The lowest BCUT2D eigenvalue weighted by Crippen LogP contribution is -2.26. The fourth-order valence-electron chi connectivity index (χ4n) is 2.23. The lowest BCUT2D eigenvalue weighted by atomic mass is 9.90. The van der Waals surface area contributed by atoms with Crippen molar-refractivity contribution in [1.29, 1.82) is 0 Å². The first-order valence-electron chi connectivity index (χ1n) is 6.40. The van der Waals surface area contributed by atoms with Gasteiger partial charge in [0, 0.05) is 12.2 Å². The first kappa shape index (κ1) is 12.4. The Hall–Kier alpha value is -0.720. The fraction of sp³-hybridized carbons (Fsp3) is 0.714. The summed E-state index contributed by atoms with van der Waals surface area (Å²) in [6.07, 6.45) is 13.4. The summed E-state index contributed by atoms with van der Waals surface area (Å²) in [6, 6.07) is 0. The lowest BCUT2D eigenvalue weighted by Gasteiger charge is -2.25. The molecule has 15 heavy (non-hydrogen) atoms. The predicted molar refractivity (Wildman–Crippen MR) is 67.8 cm³/mol. The summed E-state index contributed by atoms with van der Waals surface area (Å²) < 4.78 is 0. The second-order valence-corrected chi connectivity index (χ2v) is 4.54. The topological polar surface area (TPSA) is 12.0 Å². The molecule has 1 nitrogen and oxygen atoms in total. The second kappa shape index (κ2) is 7.56. The molecule has 0 aromatic rings. The van der Waals surface area contributed by atoms with Crippen molar-refractivity contribution < 1.29 is 0 Å². The Bertz CT molecular complexity index is 205. The Morgan fingerprint density at radius 2 is 2.33 bits per heavy atom. The average Bonchev–Trinajstić information content (AvgIpc) is 2.27. The zero-order valence-corrected chi connectivity index (χ0v) is 10.1. The maximum atomic E-state index is 3.75. The van der Waals surface area contributed by atoms with E-state index in [0.717, 1.165) is 12.3 Å². The van der Waals surface area contributed by atoms with E-state index in [2.05, 4.69) is 24.9 Å². The molecule has 1 aliphatic rings. The summed E-state index contributed by atoms with van der Waals surface area (Å²) >= 11 is 0. The van der Waals surface area contributed by atoms with Gasteiger partial charge in [0.05, 0.1) is 0 Å². The molecule has 1 unspecified atom stereocenters. The van der Waals surface area contributed by atoms with Crippen LogP contribution in [0.5, 0.6) is 0 Å². The summed E-state index contributed by atoms with van der Waals surface area (Å²) in [6.45, 7) is 7.19. The van der Waals surface area contributed by atoms with Crippen LogP contribution in [0.1, 0.15) is 51.9 Å². The van der Waals surface area contributed by atoms with E-state index in [9.17, 15) is 0 Å². The molecular weight excluding hydrogens is 182 g/mol. The zero-order chi connectivity index (χ0) is 10.9. The molecule has 1 rings (SSSR count). The van der Waals surface area contributed by atoms with E-state index in [1.807, 2.05) is 6.08 Å². The number of piperidine rings is 1. The van der Waals surface area contributed by atoms with Crippen LogP contribution < -0.4 is 5.32 Å². The van der Waals surface area contributed by atoms with Crippen molar-refractivity contribution in [2.45, 2.75) is 51.9 Å². The number of nitrogens with one attached hydrogen (secondary N) is 1. The van der Waals surface area contributed by atoms with Gasteiger partial charge in [-0.2, -0.15) is 0 Å². The van der Waals surface area contributed by atoms with Gasteiger partial charge in [0.15, 0.2) is 0 Å². The molecule has 1 atom stereocenters. The first-order chi connectivity index (χ1) is 7.36. The SMILES string of the molecule is C=CCC=C1CC(CCCCC)CCN1. The molecule has 0 bridgehead atoms. The van der Waals surface area contributed by atoms with Gasteiger partial charge >= 0.3 is 0 Å². The van der Waals surface area contributed by atoms with E-state index in [1.165, 1.54) is 50.8 Å². The molecule has 0 spiro atoms. The monoisotopic (exact) mass is 207 g/mol. The molecule has 1 fully saturated rings. The highest BCUT2D eigenvalue weighted by Crippen LogP contribution is 2.24. The van der Waals surface area contributed by atoms with E-state index >= 15 is 0 Å². The Kier molecular flexibility index (Phi) is 6.22. The summed E-state index contributed by atoms with van der Waals surface area (Å²) in [5.74, 6) is 0.925. The highest BCUT2D eigenvalue weighted by atomic mass is 14.9. The highest BCUT2D eigenvalue weighted by molar-refractivity contribution is 5.05. The Morgan fingerprint density at radius 3 is 3.07 bits per heavy atom. The number of hydrogen-bond acceptors (Lipinski definition) is 1. The molecule has 1 N–H and O–H groups in total. The van der Waals surface area contributed by atoms with Gasteiger partial charge in [-0.15, -0.1) is 6.58 Å². The minimum atomic E-state index is 0.925. The van der Waals surface area contributed by atoms with Crippen LogP contribution >= 0.6 is 0 Å². The van der Waals surface area contributed by atoms with Crippen LogP contribution in [0.15, 0.2) is 24.4 Å². The van der Waals surface area contributed by atoms with Gasteiger partial charge in [-0.3, -0.25) is 0 Å². The molecule has 1 aliphatic heterocycles. The molecule has 0 amide bonds. The van der Waals surface area contributed by atoms with Crippen molar-refractivity contribution in [2.75, 3.05) is 6.54 Å². The van der Waals surface area contributed by atoms with Crippen LogP contribution in [0, 0.1) is 5.92 Å². The van der Waals surface area contributed by atoms with Crippen molar-refractivity contribution >= 4 is 0 Å². The molecule has 0 aliphatic carbocycles. The molecule has 0 aromatic heterocycles. The van der Waals surface area contributed by atoms with Crippen molar-refractivity contribution in [3.8, 4) is 0 Å².